The molecule has 1 aliphatic rings. The van der Waals surface area contributed by atoms with Crippen molar-refractivity contribution in [3.63, 3.8) is 0 Å². The van der Waals surface area contributed by atoms with E-state index in [1.807, 2.05) is 7.05 Å². The summed E-state index contributed by atoms with van der Waals surface area (Å²) in [5.74, 6) is 1.65. The number of nitrogens with one attached hydrogen (secondary N) is 1. The molecule has 0 bridgehead atoms. The van der Waals surface area contributed by atoms with Crippen LogP contribution in [0.1, 0.15) is 50.3 Å². The van der Waals surface area contributed by atoms with Crippen molar-refractivity contribution in [3.05, 3.63) is 11.9 Å². The summed E-state index contributed by atoms with van der Waals surface area (Å²) in [5.41, 5.74) is 0.891. The summed E-state index contributed by atoms with van der Waals surface area (Å²) in [7, 11) is 5.21. The Morgan fingerprint density at radius 1 is 1.15 bits per heavy atom. The minimum Gasteiger partial charge on any atom is -0.480 e. The van der Waals surface area contributed by atoms with Crippen molar-refractivity contribution in [1.82, 2.24) is 15.3 Å². The summed E-state index contributed by atoms with van der Waals surface area (Å²) in [6.45, 7) is 0. The molecule has 0 aromatic carbocycles. The highest BCUT2D eigenvalue weighted by atomic mass is 16.5. The van der Waals surface area contributed by atoms with Crippen molar-refractivity contribution in [2.75, 3.05) is 21.3 Å². The monoisotopic (exact) mass is 279 g/mol. The highest BCUT2D eigenvalue weighted by Gasteiger charge is 2.27. The molecule has 20 heavy (non-hydrogen) atoms. The zero-order valence-electron chi connectivity index (χ0n) is 12.7. The lowest BCUT2D eigenvalue weighted by Gasteiger charge is -2.26. The van der Waals surface area contributed by atoms with E-state index >= 15 is 0 Å². The Labute approximate surface area is 121 Å². The molecule has 5 nitrogen and oxygen atoms in total. The van der Waals surface area contributed by atoms with E-state index in [1.54, 1.807) is 20.4 Å². The molecule has 0 amide bonds. The zero-order valence-corrected chi connectivity index (χ0v) is 12.7. The van der Waals surface area contributed by atoms with Crippen molar-refractivity contribution in [3.8, 4) is 11.8 Å². The van der Waals surface area contributed by atoms with Gasteiger partial charge in [-0.05, 0) is 25.8 Å². The Balaban J connectivity index is 2.25. The Kier molecular flexibility index (Phi) is 5.59. The summed E-state index contributed by atoms with van der Waals surface area (Å²) in [5, 5.41) is 3.40. The van der Waals surface area contributed by atoms with E-state index < -0.39 is 0 Å². The second kappa shape index (κ2) is 7.43. The number of rotatable bonds is 5. The van der Waals surface area contributed by atoms with Crippen LogP contribution in [0.3, 0.4) is 0 Å². The van der Waals surface area contributed by atoms with E-state index in [0.29, 0.717) is 17.7 Å². The average molecular weight is 279 g/mol. The number of ether oxygens (including phenoxy) is 2. The Morgan fingerprint density at radius 3 is 2.40 bits per heavy atom. The van der Waals surface area contributed by atoms with Crippen LogP contribution in [0.5, 0.6) is 11.8 Å². The van der Waals surface area contributed by atoms with Gasteiger partial charge in [-0.2, -0.15) is 4.98 Å². The fourth-order valence-corrected chi connectivity index (χ4v) is 3.07. The van der Waals surface area contributed by atoms with Crippen LogP contribution in [0.2, 0.25) is 0 Å². The van der Waals surface area contributed by atoms with Gasteiger partial charge in [-0.25, -0.2) is 4.98 Å². The highest BCUT2D eigenvalue weighted by Crippen LogP contribution is 2.35. The molecular formula is C15H25N3O2. The maximum atomic E-state index is 5.40. The van der Waals surface area contributed by atoms with Crippen molar-refractivity contribution < 1.29 is 9.47 Å². The fourth-order valence-electron chi connectivity index (χ4n) is 3.07. The van der Waals surface area contributed by atoms with Gasteiger partial charge in [0.1, 0.15) is 5.69 Å². The van der Waals surface area contributed by atoms with Crippen LogP contribution in [-0.2, 0) is 0 Å². The number of hydrogen-bond acceptors (Lipinski definition) is 5. The summed E-state index contributed by atoms with van der Waals surface area (Å²) >= 11 is 0. The lowest BCUT2D eigenvalue weighted by molar-refractivity contribution is 0.308. The number of methoxy groups -OCH3 is 2. The molecule has 2 rings (SSSR count). The maximum absolute atomic E-state index is 5.40. The van der Waals surface area contributed by atoms with Gasteiger partial charge >= 0.3 is 0 Å². The summed E-state index contributed by atoms with van der Waals surface area (Å²) in [4.78, 5) is 8.87. The summed E-state index contributed by atoms with van der Waals surface area (Å²) < 4.78 is 10.5. The molecule has 1 aromatic rings. The third kappa shape index (κ3) is 3.39. The third-order valence-electron chi connectivity index (χ3n) is 4.12. The first-order valence-corrected chi connectivity index (χ1v) is 7.42. The SMILES string of the molecule is CNC(c1ncc(OC)nc1OC)C1CCCCCC1. The van der Waals surface area contributed by atoms with Gasteiger partial charge in [0.2, 0.25) is 11.8 Å². The standard InChI is InChI=1S/C15H25N3O2/c1-16-13(11-8-6-4-5-7-9-11)14-15(20-3)18-12(19-2)10-17-14/h10-11,13,16H,4-9H2,1-3H3. The van der Waals surface area contributed by atoms with Gasteiger partial charge in [0.05, 0.1) is 26.5 Å². The maximum Gasteiger partial charge on any atom is 0.240 e. The lowest BCUT2D eigenvalue weighted by Crippen LogP contribution is -2.27. The van der Waals surface area contributed by atoms with E-state index in [2.05, 4.69) is 15.3 Å². The van der Waals surface area contributed by atoms with E-state index in [1.165, 1.54) is 38.5 Å². The van der Waals surface area contributed by atoms with Gasteiger partial charge in [0.15, 0.2) is 0 Å². The van der Waals surface area contributed by atoms with E-state index in [0.717, 1.165) is 5.69 Å². The van der Waals surface area contributed by atoms with Crippen LogP contribution in [0.15, 0.2) is 6.20 Å². The topological polar surface area (TPSA) is 56.3 Å². The molecular weight excluding hydrogens is 254 g/mol. The predicted octanol–water partition coefficient (Wildman–Crippen LogP) is 2.72. The van der Waals surface area contributed by atoms with Crippen LogP contribution in [-0.4, -0.2) is 31.2 Å². The molecule has 0 spiro atoms. The van der Waals surface area contributed by atoms with E-state index in [4.69, 9.17) is 9.47 Å². The molecule has 5 heteroatoms. The Bertz CT molecular complexity index is 418. The van der Waals surface area contributed by atoms with E-state index in [-0.39, 0.29) is 6.04 Å². The van der Waals surface area contributed by atoms with Gasteiger partial charge in [0.25, 0.3) is 0 Å². The van der Waals surface area contributed by atoms with Gasteiger partial charge < -0.3 is 14.8 Å². The quantitative estimate of drug-likeness (QED) is 0.840. The average Bonchev–Trinajstić information content (AvgIpc) is 2.77. The van der Waals surface area contributed by atoms with Crippen molar-refractivity contribution in [1.29, 1.82) is 0 Å². The third-order valence-corrected chi connectivity index (χ3v) is 4.12. The lowest BCUT2D eigenvalue weighted by atomic mass is 9.90. The molecule has 0 radical (unpaired) electrons. The van der Waals surface area contributed by atoms with Crippen LogP contribution in [0, 0.1) is 5.92 Å². The zero-order chi connectivity index (χ0) is 14.4. The number of hydrogen-bond donors (Lipinski definition) is 1. The molecule has 0 saturated heterocycles. The normalized spacial score (nSPS) is 18.4. The van der Waals surface area contributed by atoms with Gasteiger partial charge in [-0.3, -0.25) is 0 Å². The van der Waals surface area contributed by atoms with Crippen LogP contribution in [0.4, 0.5) is 0 Å². The van der Waals surface area contributed by atoms with E-state index in [9.17, 15) is 0 Å². The Morgan fingerprint density at radius 2 is 1.85 bits per heavy atom. The van der Waals surface area contributed by atoms with Crippen LogP contribution in [0.25, 0.3) is 0 Å². The molecule has 1 atom stereocenters. The molecule has 1 aromatic heterocycles. The molecule has 112 valence electrons. The minimum absolute atomic E-state index is 0.196. The van der Waals surface area contributed by atoms with Crippen LogP contribution < -0.4 is 14.8 Å². The molecule has 1 aliphatic carbocycles. The first-order chi connectivity index (χ1) is 9.80. The number of aromatic nitrogens is 2. The molecule has 0 aliphatic heterocycles. The van der Waals surface area contributed by atoms with Gasteiger partial charge in [-0.1, -0.05) is 25.7 Å². The first-order valence-electron chi connectivity index (χ1n) is 7.42. The predicted molar refractivity (Wildman–Crippen MR) is 78.1 cm³/mol. The summed E-state index contributed by atoms with van der Waals surface area (Å²) in [6.07, 6.45) is 9.43. The highest BCUT2D eigenvalue weighted by molar-refractivity contribution is 5.26. The first kappa shape index (κ1) is 15.0. The Hall–Kier alpha value is -1.36. The molecule has 1 N–H and O–H groups in total. The number of nitrogens with zero attached hydrogens (tertiary/aromatic N) is 2. The molecule has 1 heterocycles. The molecule has 1 unspecified atom stereocenters. The minimum atomic E-state index is 0.196. The molecule has 1 saturated carbocycles. The fraction of sp³-hybridized carbons (Fsp3) is 0.733. The molecule has 1 fully saturated rings. The van der Waals surface area contributed by atoms with Crippen molar-refractivity contribution >= 4 is 0 Å². The smallest absolute Gasteiger partial charge is 0.240 e. The second-order valence-electron chi connectivity index (χ2n) is 5.32. The summed E-state index contributed by atoms with van der Waals surface area (Å²) in [6, 6.07) is 0.196. The van der Waals surface area contributed by atoms with Gasteiger partial charge in [-0.15, -0.1) is 0 Å². The van der Waals surface area contributed by atoms with Crippen molar-refractivity contribution in [2.45, 2.75) is 44.6 Å². The largest absolute Gasteiger partial charge is 0.480 e. The van der Waals surface area contributed by atoms with Gasteiger partial charge in [0, 0.05) is 0 Å². The van der Waals surface area contributed by atoms with Crippen LogP contribution >= 0.6 is 0 Å². The second-order valence-corrected chi connectivity index (χ2v) is 5.32. The van der Waals surface area contributed by atoms with Crippen molar-refractivity contribution in [2.24, 2.45) is 5.92 Å².